The molecule has 2 saturated carbocycles. The number of fused-ring (bicyclic) bond motifs is 3. The van der Waals surface area contributed by atoms with Crippen LogP contribution in [0.15, 0.2) is 78.5 Å². The maximum Gasteiger partial charge on any atom is 2.00 e. The number of pyridine rings is 1. The number of rotatable bonds is 8. The number of allylic oxidation sites excluding steroid dienone is 2. The molecular weight excluding hydrogens is 868 g/mol. The minimum absolute atomic E-state index is 0. The van der Waals surface area contributed by atoms with Gasteiger partial charge in [-0.25, -0.2) is 4.98 Å². The summed E-state index contributed by atoms with van der Waals surface area (Å²) in [5.74, 6) is 5.23. The Bertz CT molecular complexity index is 2370. The van der Waals surface area contributed by atoms with Crippen LogP contribution in [0, 0.1) is 50.7 Å². The summed E-state index contributed by atoms with van der Waals surface area (Å²) in [5.41, 5.74) is 11.0. The van der Waals surface area contributed by atoms with Crippen molar-refractivity contribution >= 4 is 21.8 Å². The predicted molar refractivity (Wildman–Crippen MR) is 225 cm³/mol. The second kappa shape index (κ2) is 16.5. The van der Waals surface area contributed by atoms with E-state index in [0.29, 0.717) is 29.3 Å². The van der Waals surface area contributed by atoms with Crippen molar-refractivity contribution in [2.75, 3.05) is 0 Å². The van der Waals surface area contributed by atoms with Gasteiger partial charge in [-0.05, 0) is 105 Å². The molecule has 0 aliphatic heterocycles. The SMILES string of the molecule is Cc1ccnc(-n2c3[c-]c(Oc4[c-]c(-n5nc(C)c(C6C(C7CCCCC7)=CCC[C@@H]6C6CCCCC6)c5C)cc(C(C)C)c4)ccc3c3ccccc32)c1.[Pt+2]. The van der Waals surface area contributed by atoms with Crippen molar-refractivity contribution in [1.82, 2.24) is 19.3 Å². The van der Waals surface area contributed by atoms with Gasteiger partial charge in [0, 0.05) is 40.4 Å². The van der Waals surface area contributed by atoms with E-state index >= 15 is 0 Å². The average molecular weight is 924 g/mol. The van der Waals surface area contributed by atoms with Gasteiger partial charge in [-0.2, -0.15) is 11.2 Å². The van der Waals surface area contributed by atoms with Crippen molar-refractivity contribution in [2.24, 2.45) is 17.8 Å². The van der Waals surface area contributed by atoms with Crippen LogP contribution < -0.4 is 4.74 Å². The first-order valence-electron chi connectivity index (χ1n) is 21.2. The first kappa shape index (κ1) is 38.9. The fourth-order valence-electron chi connectivity index (χ4n) is 10.6. The molecule has 0 amide bonds. The van der Waals surface area contributed by atoms with E-state index in [0.717, 1.165) is 45.3 Å². The topological polar surface area (TPSA) is 44.9 Å². The molecular formula is C50H56N4OPt. The maximum absolute atomic E-state index is 6.74. The fraction of sp³-hybridized carbons (Fsp3) is 0.440. The summed E-state index contributed by atoms with van der Waals surface area (Å²) in [6.07, 6.45) is 20.9. The van der Waals surface area contributed by atoms with Crippen molar-refractivity contribution in [3.8, 4) is 23.0 Å². The van der Waals surface area contributed by atoms with Gasteiger partial charge in [0.1, 0.15) is 5.82 Å². The fourth-order valence-corrected chi connectivity index (χ4v) is 10.6. The van der Waals surface area contributed by atoms with Crippen LogP contribution in [0.1, 0.15) is 131 Å². The van der Waals surface area contributed by atoms with Crippen molar-refractivity contribution in [3.05, 3.63) is 119 Å². The van der Waals surface area contributed by atoms with Gasteiger partial charge < -0.3 is 9.30 Å². The van der Waals surface area contributed by atoms with Crippen molar-refractivity contribution < 1.29 is 25.8 Å². The molecule has 3 heterocycles. The predicted octanol–water partition coefficient (Wildman–Crippen LogP) is 13.4. The Morgan fingerprint density at radius 2 is 1.55 bits per heavy atom. The quantitative estimate of drug-likeness (QED) is 0.113. The van der Waals surface area contributed by atoms with E-state index in [-0.39, 0.29) is 21.1 Å². The van der Waals surface area contributed by atoms with Gasteiger partial charge in [0.05, 0.1) is 5.69 Å². The molecule has 1 unspecified atom stereocenters. The molecule has 6 heteroatoms. The Balaban J connectivity index is 0.00000441. The van der Waals surface area contributed by atoms with Crippen LogP contribution in [0.4, 0.5) is 0 Å². The zero-order valence-corrected chi connectivity index (χ0v) is 36.1. The monoisotopic (exact) mass is 923 g/mol. The average Bonchev–Trinajstić information content (AvgIpc) is 3.70. The first-order chi connectivity index (χ1) is 26.8. The summed E-state index contributed by atoms with van der Waals surface area (Å²) >= 11 is 0. The van der Waals surface area contributed by atoms with Gasteiger partial charge in [-0.3, -0.25) is 4.68 Å². The second-order valence-corrected chi connectivity index (χ2v) is 17.2. The number of hydrogen-bond acceptors (Lipinski definition) is 3. The standard InChI is InChI=1S/C50H56N4O.Pt/c1-32(2)38-28-39(30-41(29-38)55-40-23-24-45-44-19-12-13-22-46(44)53(47(45)31-40)48-27-33(3)25-26-51-48)54-35(5)49(34(4)52-54)50-42(36-15-8-6-9-16-36)20-14-21-43(50)37-17-10-7-11-18-37;/h12-13,19-20,22-29,32,36-37,43,50H,6-11,14-18,21H2,1-5H3;/q-2;+2/t43-,50?;/m1./s1. The first-order valence-corrected chi connectivity index (χ1v) is 21.2. The molecule has 0 spiro atoms. The third kappa shape index (κ3) is 7.34. The molecule has 0 N–H and O–H groups in total. The number of nitrogens with zero attached hydrogens (tertiary/aromatic N) is 4. The van der Waals surface area contributed by atoms with E-state index < -0.39 is 0 Å². The van der Waals surface area contributed by atoms with E-state index in [2.05, 4.69) is 111 Å². The van der Waals surface area contributed by atoms with Gasteiger partial charge in [-0.1, -0.05) is 101 Å². The molecule has 2 fully saturated rings. The Kier molecular flexibility index (Phi) is 11.5. The minimum Gasteiger partial charge on any atom is -0.509 e. The van der Waals surface area contributed by atoms with Crippen LogP contribution in [0.3, 0.4) is 0 Å². The van der Waals surface area contributed by atoms with Crippen LogP contribution in [-0.2, 0) is 21.1 Å². The van der Waals surface area contributed by atoms with Gasteiger partial charge in [0.25, 0.3) is 0 Å². The zero-order valence-electron chi connectivity index (χ0n) is 33.8. The molecule has 9 rings (SSSR count). The van der Waals surface area contributed by atoms with Crippen molar-refractivity contribution in [1.29, 1.82) is 0 Å². The molecule has 0 saturated heterocycles. The third-order valence-electron chi connectivity index (χ3n) is 13.3. The smallest absolute Gasteiger partial charge is 0.509 e. The molecule has 56 heavy (non-hydrogen) atoms. The summed E-state index contributed by atoms with van der Waals surface area (Å²) in [4.78, 5) is 4.77. The molecule has 2 atom stereocenters. The summed E-state index contributed by atoms with van der Waals surface area (Å²) < 4.78 is 11.1. The third-order valence-corrected chi connectivity index (χ3v) is 13.3. The molecule has 3 aliphatic rings. The van der Waals surface area contributed by atoms with Crippen LogP contribution in [0.5, 0.6) is 11.5 Å². The molecule has 3 aromatic carbocycles. The Hall–Kier alpha value is -3.95. The Morgan fingerprint density at radius 3 is 2.32 bits per heavy atom. The number of hydrogen-bond donors (Lipinski definition) is 0. The largest absolute Gasteiger partial charge is 2.00 e. The Labute approximate surface area is 348 Å². The molecule has 0 bridgehead atoms. The summed E-state index contributed by atoms with van der Waals surface area (Å²) in [6.45, 7) is 11.2. The zero-order chi connectivity index (χ0) is 37.6. The number of para-hydroxylation sites is 1. The molecule has 3 aromatic heterocycles. The van der Waals surface area contributed by atoms with Gasteiger partial charge >= 0.3 is 21.1 Å². The number of aromatic nitrogens is 4. The Morgan fingerprint density at radius 1 is 0.786 bits per heavy atom. The molecule has 5 nitrogen and oxygen atoms in total. The normalized spacial score (nSPS) is 19.7. The van der Waals surface area contributed by atoms with E-state index in [9.17, 15) is 0 Å². The summed E-state index contributed by atoms with van der Waals surface area (Å²) in [6, 6.07) is 28.6. The second-order valence-electron chi connectivity index (χ2n) is 17.2. The number of aryl methyl sites for hydroxylation is 2. The van der Waals surface area contributed by atoms with E-state index in [1.807, 2.05) is 18.3 Å². The number of ether oxygens (including phenoxy) is 1. The summed E-state index contributed by atoms with van der Waals surface area (Å²) in [7, 11) is 0. The van der Waals surface area contributed by atoms with Crippen LogP contribution in [0.25, 0.3) is 33.3 Å². The van der Waals surface area contributed by atoms with Crippen LogP contribution >= 0.6 is 0 Å². The van der Waals surface area contributed by atoms with Gasteiger partial charge in [0.15, 0.2) is 0 Å². The van der Waals surface area contributed by atoms with Gasteiger partial charge in [-0.15, -0.1) is 41.3 Å². The van der Waals surface area contributed by atoms with Crippen molar-refractivity contribution in [3.63, 3.8) is 0 Å². The summed E-state index contributed by atoms with van der Waals surface area (Å²) in [5, 5.41) is 7.66. The van der Waals surface area contributed by atoms with E-state index in [1.54, 1.807) is 5.57 Å². The minimum atomic E-state index is 0. The molecule has 3 aliphatic carbocycles. The van der Waals surface area contributed by atoms with Crippen LogP contribution in [0.2, 0.25) is 0 Å². The van der Waals surface area contributed by atoms with Gasteiger partial charge in [0.2, 0.25) is 0 Å². The molecule has 0 radical (unpaired) electrons. The van der Waals surface area contributed by atoms with Crippen molar-refractivity contribution in [2.45, 2.75) is 124 Å². The molecule has 292 valence electrons. The van der Waals surface area contributed by atoms with E-state index in [4.69, 9.17) is 14.8 Å². The van der Waals surface area contributed by atoms with Crippen LogP contribution in [-0.4, -0.2) is 19.3 Å². The molecule has 6 aromatic rings. The van der Waals surface area contributed by atoms with E-state index in [1.165, 1.54) is 105 Å². The maximum atomic E-state index is 6.74. The number of benzene rings is 3.